The minimum atomic E-state index is -0.364. The first kappa shape index (κ1) is 14.9. The van der Waals surface area contributed by atoms with Gasteiger partial charge in [0.15, 0.2) is 0 Å². The fourth-order valence-corrected chi connectivity index (χ4v) is 2.49. The summed E-state index contributed by atoms with van der Waals surface area (Å²) in [5.41, 5.74) is 1.65. The monoisotopic (exact) mass is 278 g/mol. The van der Waals surface area contributed by atoms with Gasteiger partial charge in [-0.05, 0) is 24.8 Å². The van der Waals surface area contributed by atoms with Gasteiger partial charge in [0.2, 0.25) is 0 Å². The molecule has 1 fully saturated rings. The molecule has 0 radical (unpaired) electrons. The predicted molar refractivity (Wildman–Crippen MR) is 77.0 cm³/mol. The van der Waals surface area contributed by atoms with E-state index in [-0.39, 0.29) is 12.0 Å². The van der Waals surface area contributed by atoms with Crippen molar-refractivity contribution in [3.63, 3.8) is 0 Å². The van der Waals surface area contributed by atoms with Gasteiger partial charge in [-0.15, -0.1) is 0 Å². The number of carbonyl (C=O) groups is 1. The van der Waals surface area contributed by atoms with Crippen molar-refractivity contribution < 1.29 is 14.3 Å². The molecular weight excluding hydrogens is 256 g/mol. The van der Waals surface area contributed by atoms with Crippen LogP contribution in [0.1, 0.15) is 19.3 Å². The Bertz CT molecular complexity index is 429. The molecule has 0 bridgehead atoms. The molecule has 0 aromatic heterocycles. The average molecular weight is 278 g/mol. The summed E-state index contributed by atoms with van der Waals surface area (Å²) in [5.74, 6) is -0.266. The van der Waals surface area contributed by atoms with Gasteiger partial charge in [-0.1, -0.05) is 18.2 Å². The van der Waals surface area contributed by atoms with Crippen molar-refractivity contribution in [3.8, 4) is 0 Å². The van der Waals surface area contributed by atoms with Crippen molar-refractivity contribution in [1.82, 2.24) is 4.90 Å². The van der Waals surface area contributed by atoms with Crippen molar-refractivity contribution >= 4 is 11.7 Å². The Kier molecular flexibility index (Phi) is 5.49. The van der Waals surface area contributed by atoms with E-state index in [1.54, 1.807) is 0 Å². The summed E-state index contributed by atoms with van der Waals surface area (Å²) in [6.45, 7) is 2.27. The first-order valence-electron chi connectivity index (χ1n) is 7.05. The Morgan fingerprint density at radius 3 is 3.25 bits per heavy atom. The lowest BCUT2D eigenvalue weighted by Gasteiger charge is -2.34. The van der Waals surface area contributed by atoms with Crippen LogP contribution in [-0.2, 0) is 14.3 Å². The third-order valence-corrected chi connectivity index (χ3v) is 3.70. The highest BCUT2D eigenvalue weighted by molar-refractivity contribution is 5.98. The van der Waals surface area contributed by atoms with Crippen LogP contribution in [0.15, 0.2) is 23.8 Å². The Morgan fingerprint density at radius 1 is 1.60 bits per heavy atom. The Hall–Kier alpha value is -1.46. The second-order valence-electron chi connectivity index (χ2n) is 5.08. The first-order valence-corrected chi connectivity index (χ1v) is 7.05. The molecule has 1 aliphatic carbocycles. The van der Waals surface area contributed by atoms with Crippen LogP contribution in [0.3, 0.4) is 0 Å². The molecule has 110 valence electrons. The maximum atomic E-state index is 11.8. The SMILES string of the molecule is COC(=O)C1COCCN1C/C1=C/C=CCCCC1=N. The van der Waals surface area contributed by atoms with Crippen molar-refractivity contribution in [2.75, 3.05) is 33.4 Å². The normalized spacial score (nSPS) is 27.4. The zero-order chi connectivity index (χ0) is 14.4. The van der Waals surface area contributed by atoms with E-state index < -0.39 is 0 Å². The van der Waals surface area contributed by atoms with E-state index in [4.69, 9.17) is 14.9 Å². The summed E-state index contributed by atoms with van der Waals surface area (Å²) in [6, 6.07) is -0.364. The van der Waals surface area contributed by atoms with Crippen molar-refractivity contribution in [2.45, 2.75) is 25.3 Å². The largest absolute Gasteiger partial charge is 0.468 e. The molecule has 1 atom stereocenters. The summed E-state index contributed by atoms with van der Waals surface area (Å²) in [6.07, 6.45) is 8.96. The van der Waals surface area contributed by atoms with Crippen LogP contribution in [0, 0.1) is 5.41 Å². The molecule has 0 saturated carbocycles. The first-order chi connectivity index (χ1) is 9.72. The number of nitrogens with zero attached hydrogens (tertiary/aromatic N) is 1. The number of nitrogens with one attached hydrogen (secondary N) is 1. The molecule has 2 aliphatic rings. The van der Waals surface area contributed by atoms with Crippen molar-refractivity contribution in [3.05, 3.63) is 23.8 Å². The molecule has 0 aromatic rings. The number of esters is 1. The highest BCUT2D eigenvalue weighted by atomic mass is 16.5. The van der Waals surface area contributed by atoms with E-state index in [1.165, 1.54) is 7.11 Å². The minimum Gasteiger partial charge on any atom is -0.468 e. The van der Waals surface area contributed by atoms with Gasteiger partial charge < -0.3 is 14.9 Å². The number of rotatable bonds is 3. The molecule has 0 spiro atoms. The number of hydrogen-bond acceptors (Lipinski definition) is 5. The molecule has 1 saturated heterocycles. The van der Waals surface area contributed by atoms with Crippen LogP contribution in [0.5, 0.6) is 0 Å². The van der Waals surface area contributed by atoms with Gasteiger partial charge in [-0.2, -0.15) is 0 Å². The summed E-state index contributed by atoms with van der Waals surface area (Å²) >= 11 is 0. The van der Waals surface area contributed by atoms with Crippen LogP contribution < -0.4 is 0 Å². The second kappa shape index (κ2) is 7.36. The molecule has 1 aliphatic heterocycles. The van der Waals surface area contributed by atoms with Crippen LogP contribution in [0.4, 0.5) is 0 Å². The number of hydrogen-bond donors (Lipinski definition) is 1. The molecule has 1 unspecified atom stereocenters. The van der Waals surface area contributed by atoms with Crippen LogP contribution in [0.25, 0.3) is 0 Å². The van der Waals surface area contributed by atoms with Crippen LogP contribution >= 0.6 is 0 Å². The summed E-state index contributed by atoms with van der Waals surface area (Å²) in [4.78, 5) is 13.8. The molecule has 2 rings (SSSR count). The predicted octanol–water partition coefficient (Wildman–Crippen LogP) is 1.55. The zero-order valence-corrected chi connectivity index (χ0v) is 11.9. The highest BCUT2D eigenvalue weighted by Gasteiger charge is 2.30. The smallest absolute Gasteiger partial charge is 0.325 e. The number of carbonyl (C=O) groups excluding carboxylic acids is 1. The van der Waals surface area contributed by atoms with Crippen molar-refractivity contribution in [1.29, 1.82) is 5.41 Å². The average Bonchev–Trinajstić information content (AvgIpc) is 2.46. The third-order valence-electron chi connectivity index (χ3n) is 3.70. The van der Waals surface area contributed by atoms with Gasteiger partial charge in [0.05, 0.1) is 20.3 Å². The lowest BCUT2D eigenvalue weighted by atomic mass is 10.0. The minimum absolute atomic E-state index is 0.266. The molecule has 1 N–H and O–H groups in total. The molecule has 5 nitrogen and oxygen atoms in total. The summed E-state index contributed by atoms with van der Waals surface area (Å²) < 4.78 is 10.2. The molecule has 0 aromatic carbocycles. The molecule has 1 heterocycles. The molecule has 5 heteroatoms. The van der Waals surface area contributed by atoms with Gasteiger partial charge in [0.25, 0.3) is 0 Å². The third kappa shape index (κ3) is 3.77. The van der Waals surface area contributed by atoms with Gasteiger partial charge in [-0.25, -0.2) is 0 Å². The number of methoxy groups -OCH3 is 1. The Balaban J connectivity index is 2.08. The van der Waals surface area contributed by atoms with Crippen LogP contribution in [0.2, 0.25) is 0 Å². The standard InChI is InChI=1S/C15H22N2O3/c1-19-15(18)14-11-20-9-8-17(14)10-12-6-4-2-3-5-7-13(12)16/h2,4,6,14,16H,3,5,7-11H2,1H3/b4-2?,12-6-,16-13?. The van der Waals surface area contributed by atoms with Gasteiger partial charge in [0.1, 0.15) is 6.04 Å². The fourth-order valence-electron chi connectivity index (χ4n) is 2.49. The van der Waals surface area contributed by atoms with Gasteiger partial charge in [0, 0.05) is 18.8 Å². The summed E-state index contributed by atoms with van der Waals surface area (Å²) in [7, 11) is 1.40. The lowest BCUT2D eigenvalue weighted by Crippen LogP contribution is -2.51. The van der Waals surface area contributed by atoms with E-state index in [2.05, 4.69) is 6.08 Å². The van der Waals surface area contributed by atoms with E-state index in [0.29, 0.717) is 32.0 Å². The quantitative estimate of drug-likeness (QED) is 0.796. The lowest BCUT2D eigenvalue weighted by molar-refractivity contribution is -0.152. The van der Waals surface area contributed by atoms with Gasteiger partial charge in [-0.3, -0.25) is 9.69 Å². The molecule has 20 heavy (non-hydrogen) atoms. The number of morpholine rings is 1. The maximum Gasteiger partial charge on any atom is 0.325 e. The summed E-state index contributed by atoms with van der Waals surface area (Å²) in [5, 5.41) is 8.14. The zero-order valence-electron chi connectivity index (χ0n) is 11.9. The number of ether oxygens (including phenoxy) is 2. The van der Waals surface area contributed by atoms with Crippen LogP contribution in [-0.4, -0.2) is 56.0 Å². The topological polar surface area (TPSA) is 62.6 Å². The highest BCUT2D eigenvalue weighted by Crippen LogP contribution is 2.15. The van der Waals surface area contributed by atoms with E-state index in [9.17, 15) is 4.79 Å². The van der Waals surface area contributed by atoms with Crippen molar-refractivity contribution in [2.24, 2.45) is 0 Å². The molecule has 0 amide bonds. The van der Waals surface area contributed by atoms with E-state index in [0.717, 1.165) is 24.8 Å². The van der Waals surface area contributed by atoms with E-state index in [1.807, 2.05) is 17.1 Å². The number of allylic oxidation sites excluding steroid dienone is 3. The second-order valence-corrected chi connectivity index (χ2v) is 5.08. The fraction of sp³-hybridized carbons (Fsp3) is 0.600. The maximum absolute atomic E-state index is 11.8. The molecular formula is C15H22N2O3. The van der Waals surface area contributed by atoms with Gasteiger partial charge >= 0.3 is 5.97 Å². The van der Waals surface area contributed by atoms with E-state index >= 15 is 0 Å². The Morgan fingerprint density at radius 2 is 2.45 bits per heavy atom. The Labute approximate surface area is 119 Å².